The van der Waals surface area contributed by atoms with Crippen molar-refractivity contribution in [3.63, 3.8) is 0 Å². The van der Waals surface area contributed by atoms with Crippen molar-refractivity contribution in [3.05, 3.63) is 0 Å². The molecule has 0 aromatic rings. The summed E-state index contributed by atoms with van der Waals surface area (Å²) in [4.78, 5) is 0. The Hall–Kier alpha value is -0.465. The van der Waals surface area contributed by atoms with Crippen LogP contribution in [0.5, 0.6) is 0 Å². The van der Waals surface area contributed by atoms with E-state index in [9.17, 15) is 30.4 Å². The zero-order valence-corrected chi connectivity index (χ0v) is 4.43. The summed E-state index contributed by atoms with van der Waals surface area (Å²) in [5, 5.41) is 0. The van der Waals surface area contributed by atoms with Crippen LogP contribution in [-0.2, 0) is 0 Å². The number of halogens is 7. The highest BCUT2D eigenvalue weighted by Gasteiger charge is 2.23. The van der Waals surface area contributed by atoms with Gasteiger partial charge in [0.1, 0.15) is 0 Å². The summed E-state index contributed by atoms with van der Waals surface area (Å²) >= 11 is 0. The second kappa shape index (κ2) is 3.64. The standard InChI is InChI=1S/CH2F3N.BF4/c2*2-1(3,4)5/h5H2;/q;-1/p+1. The summed E-state index contributed by atoms with van der Waals surface area (Å²) in [6.07, 6.45) is -4.25. The lowest BCUT2D eigenvalue weighted by Crippen LogP contribution is -2.64. The zero-order valence-electron chi connectivity index (χ0n) is 4.43. The number of hydrogen-bond donors (Lipinski definition) is 1. The minimum Gasteiger partial charge on any atom is -0.418 e. The molecule has 64 valence electrons. The van der Waals surface area contributed by atoms with Crippen LogP contribution in [0.1, 0.15) is 0 Å². The van der Waals surface area contributed by atoms with Crippen molar-refractivity contribution >= 4 is 7.25 Å². The Labute approximate surface area is 51.1 Å². The summed E-state index contributed by atoms with van der Waals surface area (Å²) in [5.74, 6) is 0. The van der Waals surface area contributed by atoms with Crippen LogP contribution >= 0.6 is 0 Å². The molecule has 0 fully saturated rings. The Morgan fingerprint density at radius 3 is 0.900 bits per heavy atom. The molecule has 0 bridgehead atoms. The van der Waals surface area contributed by atoms with E-state index in [1.807, 2.05) is 0 Å². The van der Waals surface area contributed by atoms with Crippen molar-refractivity contribution in [2.75, 3.05) is 0 Å². The van der Waals surface area contributed by atoms with Crippen LogP contribution in [0.2, 0.25) is 0 Å². The second-order valence-corrected chi connectivity index (χ2v) is 1.11. The molecule has 0 radical (unpaired) electrons. The Bertz CT molecular complexity index is 56.6. The van der Waals surface area contributed by atoms with E-state index >= 15 is 0 Å². The van der Waals surface area contributed by atoms with E-state index in [4.69, 9.17) is 0 Å². The predicted molar refractivity (Wildman–Crippen MR) is 19.1 cm³/mol. The van der Waals surface area contributed by atoms with E-state index in [0.717, 1.165) is 0 Å². The largest absolute Gasteiger partial charge is 0.673 e. The van der Waals surface area contributed by atoms with Crippen LogP contribution in [0.4, 0.5) is 30.4 Å². The quantitative estimate of drug-likeness (QED) is 0.322. The van der Waals surface area contributed by atoms with E-state index in [-0.39, 0.29) is 0 Å². The van der Waals surface area contributed by atoms with Gasteiger partial charge < -0.3 is 17.3 Å². The Kier molecular flexibility index (Phi) is 4.46. The van der Waals surface area contributed by atoms with Crippen LogP contribution in [0.15, 0.2) is 0 Å². The lowest BCUT2D eigenvalue weighted by atomic mass is 10.3. The van der Waals surface area contributed by atoms with Crippen molar-refractivity contribution in [2.24, 2.45) is 0 Å². The first kappa shape index (κ1) is 12.2. The van der Waals surface area contributed by atoms with Gasteiger partial charge in [0.15, 0.2) is 0 Å². The fourth-order valence-electron chi connectivity index (χ4n) is 0. The highest BCUT2D eigenvalue weighted by Crippen LogP contribution is 2.06. The van der Waals surface area contributed by atoms with Crippen molar-refractivity contribution in [1.82, 2.24) is 0 Å². The third-order valence-electron chi connectivity index (χ3n) is 0. The van der Waals surface area contributed by atoms with E-state index in [0.29, 0.717) is 0 Å². The molecule has 0 aliphatic heterocycles. The minimum atomic E-state index is -6.00. The number of hydrogen-bond acceptors (Lipinski definition) is 0. The van der Waals surface area contributed by atoms with Gasteiger partial charge in [0.05, 0.1) is 0 Å². The maximum absolute atomic E-state index is 10.2. The second-order valence-electron chi connectivity index (χ2n) is 1.11. The van der Waals surface area contributed by atoms with Crippen LogP contribution in [-0.4, -0.2) is 13.6 Å². The van der Waals surface area contributed by atoms with Crippen molar-refractivity contribution in [1.29, 1.82) is 0 Å². The summed E-state index contributed by atoms with van der Waals surface area (Å²) in [6, 6.07) is 0. The van der Waals surface area contributed by atoms with Gasteiger partial charge >= 0.3 is 13.6 Å². The fraction of sp³-hybridized carbons (Fsp3) is 1.00. The number of alkyl halides is 3. The van der Waals surface area contributed by atoms with Crippen molar-refractivity contribution in [3.8, 4) is 0 Å². The fourth-order valence-corrected chi connectivity index (χ4v) is 0. The van der Waals surface area contributed by atoms with Gasteiger partial charge in [-0.15, -0.1) is 13.2 Å². The van der Waals surface area contributed by atoms with Crippen molar-refractivity contribution < 1.29 is 36.2 Å². The topological polar surface area (TPSA) is 27.6 Å². The van der Waals surface area contributed by atoms with E-state index in [1.54, 1.807) is 5.73 Å². The average molecular weight is 173 g/mol. The summed E-state index contributed by atoms with van der Waals surface area (Å²) in [6.45, 7) is 0. The van der Waals surface area contributed by atoms with E-state index in [2.05, 4.69) is 0 Å². The van der Waals surface area contributed by atoms with Crippen molar-refractivity contribution in [2.45, 2.75) is 6.30 Å². The molecule has 0 atom stereocenters. The molecule has 9 heteroatoms. The first-order valence-electron chi connectivity index (χ1n) is 1.79. The van der Waals surface area contributed by atoms with Gasteiger partial charge in [0.2, 0.25) is 0 Å². The molecule has 0 unspecified atom stereocenters. The highest BCUT2D eigenvalue weighted by molar-refractivity contribution is 6.50. The van der Waals surface area contributed by atoms with Gasteiger partial charge in [-0.3, -0.25) is 5.73 Å². The Morgan fingerprint density at radius 1 is 0.900 bits per heavy atom. The normalized spacial score (nSPS) is 12.0. The zero-order chi connectivity index (χ0) is 9.00. The highest BCUT2D eigenvalue weighted by atomic mass is 19.5. The van der Waals surface area contributed by atoms with Gasteiger partial charge in [0.25, 0.3) is 0 Å². The summed E-state index contributed by atoms with van der Waals surface area (Å²) in [5.41, 5.74) is 1.77. The minimum absolute atomic E-state index is 1.77. The molecule has 0 amide bonds. The molecule has 3 N–H and O–H groups in total. The lowest BCUT2D eigenvalue weighted by molar-refractivity contribution is -0.618. The number of quaternary nitrogens is 1. The molecule has 0 saturated carbocycles. The van der Waals surface area contributed by atoms with Crippen LogP contribution < -0.4 is 5.73 Å². The third kappa shape index (κ3) is 1490. The van der Waals surface area contributed by atoms with Crippen LogP contribution in [0, 0.1) is 0 Å². The van der Waals surface area contributed by atoms with Gasteiger partial charge in [-0.25, -0.2) is 0 Å². The molecule has 0 heterocycles. The van der Waals surface area contributed by atoms with E-state index in [1.165, 1.54) is 0 Å². The van der Waals surface area contributed by atoms with Gasteiger partial charge in [-0.2, -0.15) is 0 Å². The summed E-state index contributed by atoms with van der Waals surface area (Å²) in [7, 11) is -6.00. The average Bonchev–Trinajstić information content (AvgIpc) is 1.12. The molecule has 0 aromatic heterocycles. The van der Waals surface area contributed by atoms with E-state index < -0.39 is 13.6 Å². The Balaban J connectivity index is 0. The predicted octanol–water partition coefficient (Wildman–Crippen LogP) is 1.05. The molecule has 0 aliphatic carbocycles. The maximum Gasteiger partial charge on any atom is 0.673 e. The van der Waals surface area contributed by atoms with Gasteiger partial charge in [-0.05, 0) is 0 Å². The monoisotopic (exact) mass is 173 g/mol. The SMILES string of the molecule is F[B-](F)(F)F.[NH3+]C(F)(F)F. The summed E-state index contributed by atoms with van der Waals surface area (Å²) < 4.78 is 69.7. The molecule has 0 rings (SSSR count). The molecule has 0 aromatic carbocycles. The molecule has 0 aliphatic rings. The van der Waals surface area contributed by atoms with Crippen LogP contribution in [0.25, 0.3) is 0 Å². The molecule has 0 spiro atoms. The van der Waals surface area contributed by atoms with Crippen LogP contribution in [0.3, 0.4) is 0 Å². The maximum atomic E-state index is 10.2. The molecule has 1 nitrogen and oxygen atoms in total. The molecular weight excluding hydrogens is 170 g/mol. The molecule has 0 saturated heterocycles. The first-order valence-corrected chi connectivity index (χ1v) is 1.79. The smallest absolute Gasteiger partial charge is 0.418 e. The number of rotatable bonds is 0. The molecule has 10 heavy (non-hydrogen) atoms. The molecular formula is CH3BF7N. The van der Waals surface area contributed by atoms with Gasteiger partial charge in [0, 0.05) is 0 Å². The lowest BCUT2D eigenvalue weighted by Gasteiger charge is -1.94. The first-order chi connectivity index (χ1) is 4.00. The Morgan fingerprint density at radius 2 is 0.900 bits per heavy atom. The third-order valence-corrected chi connectivity index (χ3v) is 0. The van der Waals surface area contributed by atoms with Gasteiger partial charge in [-0.1, -0.05) is 0 Å².